The molecule has 3 N–H and O–H groups in total. The van der Waals surface area contributed by atoms with Crippen LogP contribution in [0.15, 0.2) is 24.3 Å². The predicted octanol–water partition coefficient (Wildman–Crippen LogP) is 2.90. The Morgan fingerprint density at radius 2 is 2.05 bits per heavy atom. The third kappa shape index (κ3) is 3.47. The maximum absolute atomic E-state index is 12.3. The first-order valence-corrected chi connectivity index (χ1v) is 6.62. The van der Waals surface area contributed by atoms with Crippen LogP contribution in [0.3, 0.4) is 0 Å². The number of carbonyl (C=O) groups excluding carboxylic acids is 1. The highest BCUT2D eigenvalue weighted by atomic mass is 19.4. The van der Waals surface area contributed by atoms with Gasteiger partial charge in [-0.3, -0.25) is 4.79 Å². The minimum Gasteiger partial charge on any atom is -0.404 e. The van der Waals surface area contributed by atoms with Gasteiger partial charge in [0.05, 0.1) is 11.1 Å². The van der Waals surface area contributed by atoms with Crippen molar-refractivity contribution in [3.8, 4) is 5.75 Å². The lowest BCUT2D eigenvalue weighted by molar-refractivity contribution is -0.274. The molecule has 1 aromatic rings. The van der Waals surface area contributed by atoms with Gasteiger partial charge in [0, 0.05) is 6.54 Å². The van der Waals surface area contributed by atoms with E-state index in [0.29, 0.717) is 18.8 Å². The van der Waals surface area contributed by atoms with Crippen molar-refractivity contribution in [1.82, 2.24) is 0 Å². The number of carbonyl (C=O) groups is 1. The van der Waals surface area contributed by atoms with Crippen molar-refractivity contribution in [1.29, 1.82) is 0 Å². The van der Waals surface area contributed by atoms with Crippen LogP contribution in [-0.4, -0.2) is 18.8 Å². The Labute approximate surface area is 120 Å². The summed E-state index contributed by atoms with van der Waals surface area (Å²) in [5, 5.41) is 2.50. The van der Waals surface area contributed by atoms with Crippen LogP contribution in [0.5, 0.6) is 5.75 Å². The summed E-state index contributed by atoms with van der Waals surface area (Å²) in [6.07, 6.45) is -3.54. The second kappa shape index (κ2) is 5.55. The molecular weight excluding hydrogens is 285 g/mol. The van der Waals surface area contributed by atoms with Crippen molar-refractivity contribution < 1.29 is 22.7 Å². The van der Waals surface area contributed by atoms with Crippen LogP contribution >= 0.6 is 0 Å². The van der Waals surface area contributed by atoms with E-state index in [9.17, 15) is 18.0 Å². The first-order valence-electron chi connectivity index (χ1n) is 6.62. The monoisotopic (exact) mass is 302 g/mol. The summed E-state index contributed by atoms with van der Waals surface area (Å²) < 4.78 is 40.9. The first kappa shape index (κ1) is 15.6. The normalized spacial score (nSPS) is 25.1. The highest BCUT2D eigenvalue weighted by Gasteiger charge is 2.47. The molecule has 0 atom stereocenters. The fraction of sp³-hybridized carbons (Fsp3) is 0.500. The highest BCUT2D eigenvalue weighted by Crippen LogP contribution is 2.45. The summed E-state index contributed by atoms with van der Waals surface area (Å²) >= 11 is 0. The van der Waals surface area contributed by atoms with Gasteiger partial charge in [0.15, 0.2) is 5.75 Å². The van der Waals surface area contributed by atoms with Crippen molar-refractivity contribution in [2.75, 3.05) is 11.9 Å². The van der Waals surface area contributed by atoms with Crippen LogP contribution in [-0.2, 0) is 4.79 Å². The van der Waals surface area contributed by atoms with Crippen LogP contribution in [0.2, 0.25) is 0 Å². The van der Waals surface area contributed by atoms with Gasteiger partial charge in [-0.2, -0.15) is 0 Å². The lowest BCUT2D eigenvalue weighted by Crippen LogP contribution is -2.51. The molecule has 0 saturated heterocycles. The molecule has 1 saturated carbocycles. The van der Waals surface area contributed by atoms with E-state index in [2.05, 4.69) is 10.1 Å². The van der Waals surface area contributed by atoms with Crippen molar-refractivity contribution in [2.24, 2.45) is 17.1 Å². The average Bonchev–Trinajstić information content (AvgIpc) is 2.35. The van der Waals surface area contributed by atoms with Crippen LogP contribution < -0.4 is 15.8 Å². The topological polar surface area (TPSA) is 64.4 Å². The largest absolute Gasteiger partial charge is 0.573 e. The number of para-hydroxylation sites is 2. The van der Waals surface area contributed by atoms with Gasteiger partial charge in [-0.15, -0.1) is 13.2 Å². The van der Waals surface area contributed by atoms with E-state index >= 15 is 0 Å². The SMILES string of the molecule is CC1CC(CN)(C(=O)Nc2ccccc2OC(F)(F)F)C1. The Bertz CT molecular complexity index is 525. The molecule has 7 heteroatoms. The van der Waals surface area contributed by atoms with E-state index in [1.54, 1.807) is 0 Å². The molecule has 1 amide bonds. The number of rotatable bonds is 4. The molecule has 1 aromatic carbocycles. The van der Waals surface area contributed by atoms with Crippen LogP contribution in [0.1, 0.15) is 19.8 Å². The highest BCUT2D eigenvalue weighted by molar-refractivity contribution is 5.97. The van der Waals surface area contributed by atoms with Crippen LogP contribution in [0.4, 0.5) is 18.9 Å². The Morgan fingerprint density at radius 3 is 2.57 bits per heavy atom. The second-order valence-corrected chi connectivity index (χ2v) is 5.50. The fourth-order valence-corrected chi connectivity index (χ4v) is 2.76. The average molecular weight is 302 g/mol. The standard InChI is InChI=1S/C14H17F3N2O2/c1-9-6-13(7-9,8-18)12(20)19-10-4-2-3-5-11(10)21-14(15,16)17/h2-5,9H,6-8,18H2,1H3,(H,19,20). The smallest absolute Gasteiger partial charge is 0.404 e. The van der Waals surface area contributed by atoms with Gasteiger partial charge >= 0.3 is 6.36 Å². The van der Waals surface area contributed by atoms with Crippen molar-refractivity contribution in [3.63, 3.8) is 0 Å². The molecule has 0 heterocycles. The third-order valence-corrected chi connectivity index (χ3v) is 3.71. The molecule has 0 unspecified atom stereocenters. The summed E-state index contributed by atoms with van der Waals surface area (Å²) in [6, 6.07) is 5.45. The number of benzene rings is 1. The molecule has 0 aliphatic heterocycles. The summed E-state index contributed by atoms with van der Waals surface area (Å²) in [5.41, 5.74) is 4.96. The molecule has 0 spiro atoms. The molecular formula is C14H17F3N2O2. The van der Waals surface area contributed by atoms with Gasteiger partial charge in [-0.1, -0.05) is 19.1 Å². The Morgan fingerprint density at radius 1 is 1.43 bits per heavy atom. The number of halogens is 3. The number of hydrogen-bond acceptors (Lipinski definition) is 3. The molecule has 0 aromatic heterocycles. The lowest BCUT2D eigenvalue weighted by Gasteiger charge is -2.44. The zero-order valence-electron chi connectivity index (χ0n) is 11.5. The lowest BCUT2D eigenvalue weighted by atomic mass is 9.62. The van der Waals surface area contributed by atoms with E-state index in [1.807, 2.05) is 6.92 Å². The third-order valence-electron chi connectivity index (χ3n) is 3.71. The van der Waals surface area contributed by atoms with E-state index in [1.165, 1.54) is 18.2 Å². The van der Waals surface area contributed by atoms with Gasteiger partial charge in [-0.25, -0.2) is 0 Å². The first-order chi connectivity index (χ1) is 9.76. The zero-order chi connectivity index (χ0) is 15.7. The molecule has 1 aliphatic carbocycles. The number of hydrogen-bond donors (Lipinski definition) is 2. The van der Waals surface area contributed by atoms with Gasteiger partial charge in [-0.05, 0) is 30.9 Å². The molecule has 4 nitrogen and oxygen atoms in total. The van der Waals surface area contributed by atoms with E-state index in [4.69, 9.17) is 5.73 Å². The minimum atomic E-state index is -4.81. The van der Waals surface area contributed by atoms with E-state index in [-0.39, 0.29) is 18.1 Å². The van der Waals surface area contributed by atoms with Gasteiger partial charge < -0.3 is 15.8 Å². The number of ether oxygens (including phenoxy) is 1. The maximum Gasteiger partial charge on any atom is 0.573 e. The van der Waals surface area contributed by atoms with Crippen molar-refractivity contribution >= 4 is 11.6 Å². The number of amides is 1. The van der Waals surface area contributed by atoms with Crippen molar-refractivity contribution in [3.05, 3.63) is 24.3 Å². The number of nitrogens with one attached hydrogen (secondary N) is 1. The Kier molecular flexibility index (Phi) is 4.13. The summed E-state index contributed by atoms with van der Waals surface area (Å²) in [7, 11) is 0. The summed E-state index contributed by atoms with van der Waals surface area (Å²) in [4.78, 5) is 12.3. The van der Waals surface area contributed by atoms with E-state index in [0.717, 1.165) is 6.07 Å². The number of anilines is 1. The zero-order valence-corrected chi connectivity index (χ0v) is 11.5. The van der Waals surface area contributed by atoms with E-state index < -0.39 is 17.5 Å². The van der Waals surface area contributed by atoms with Crippen LogP contribution in [0, 0.1) is 11.3 Å². The minimum absolute atomic E-state index is 0.00722. The molecule has 1 fully saturated rings. The Balaban J connectivity index is 2.14. The summed E-state index contributed by atoms with van der Waals surface area (Å²) in [5.74, 6) is -0.403. The molecule has 0 bridgehead atoms. The van der Waals surface area contributed by atoms with Gasteiger partial charge in [0.2, 0.25) is 5.91 Å². The molecule has 0 radical (unpaired) electrons. The maximum atomic E-state index is 12.3. The molecule has 21 heavy (non-hydrogen) atoms. The van der Waals surface area contributed by atoms with Gasteiger partial charge in [0.25, 0.3) is 0 Å². The second-order valence-electron chi connectivity index (χ2n) is 5.50. The number of alkyl halides is 3. The number of nitrogens with two attached hydrogens (primary N) is 1. The molecule has 1 aliphatic rings. The van der Waals surface area contributed by atoms with Crippen LogP contribution in [0.25, 0.3) is 0 Å². The predicted molar refractivity (Wildman–Crippen MR) is 71.6 cm³/mol. The summed E-state index contributed by atoms with van der Waals surface area (Å²) in [6.45, 7) is 2.17. The fourth-order valence-electron chi connectivity index (χ4n) is 2.76. The molecule has 2 rings (SSSR count). The van der Waals surface area contributed by atoms with Crippen molar-refractivity contribution in [2.45, 2.75) is 26.1 Å². The van der Waals surface area contributed by atoms with Gasteiger partial charge in [0.1, 0.15) is 0 Å². The quantitative estimate of drug-likeness (QED) is 0.899. The Hall–Kier alpha value is -1.76. The molecule has 116 valence electrons.